The van der Waals surface area contributed by atoms with Gasteiger partial charge in [0, 0.05) is 19.4 Å². The number of carbonyl (C=O) groups is 1. The van der Waals surface area contributed by atoms with Gasteiger partial charge >= 0.3 is 5.97 Å². The minimum absolute atomic E-state index is 0.404. The lowest BCUT2D eigenvalue weighted by Gasteiger charge is -2.30. The first-order valence-electron chi connectivity index (χ1n) is 5.28. The van der Waals surface area contributed by atoms with Gasteiger partial charge in [-0.05, 0) is 12.1 Å². The van der Waals surface area contributed by atoms with E-state index >= 15 is 0 Å². The Kier molecular flexibility index (Phi) is 2.79. The van der Waals surface area contributed by atoms with Gasteiger partial charge in [-0.1, -0.05) is 12.1 Å². The summed E-state index contributed by atoms with van der Waals surface area (Å²) in [5.74, 6) is -0.141. The number of esters is 1. The summed E-state index contributed by atoms with van der Waals surface area (Å²) in [6, 6.07) is 7.32. The van der Waals surface area contributed by atoms with Crippen molar-refractivity contribution < 1.29 is 19.0 Å². The van der Waals surface area contributed by atoms with Crippen molar-refractivity contribution in [1.29, 1.82) is 0 Å². The van der Waals surface area contributed by atoms with Gasteiger partial charge in [-0.2, -0.15) is 0 Å². The molecule has 4 heteroatoms. The van der Waals surface area contributed by atoms with Gasteiger partial charge < -0.3 is 14.2 Å². The molecule has 0 bridgehead atoms. The van der Waals surface area contributed by atoms with Crippen molar-refractivity contribution in [3.63, 3.8) is 0 Å². The van der Waals surface area contributed by atoms with Crippen LogP contribution in [0.25, 0.3) is 5.76 Å². The molecule has 0 saturated carbocycles. The van der Waals surface area contributed by atoms with Gasteiger partial charge in [-0.3, -0.25) is 0 Å². The van der Waals surface area contributed by atoms with Gasteiger partial charge in [-0.25, -0.2) is 4.79 Å². The molecular formula is C13H14O4. The highest BCUT2D eigenvalue weighted by atomic mass is 16.7. The molecule has 0 aromatic heterocycles. The fourth-order valence-corrected chi connectivity index (χ4v) is 1.61. The molecule has 0 radical (unpaired) electrons. The maximum absolute atomic E-state index is 11.4. The summed E-state index contributed by atoms with van der Waals surface area (Å²) in [7, 11) is 1.59. The number of benzene rings is 1. The van der Waals surface area contributed by atoms with Crippen LogP contribution in [-0.4, -0.2) is 18.9 Å². The van der Waals surface area contributed by atoms with E-state index in [1.54, 1.807) is 27.0 Å². The lowest BCUT2D eigenvalue weighted by Crippen LogP contribution is -2.33. The number of cyclic esters (lactones) is 1. The molecule has 0 fully saturated rings. The highest BCUT2D eigenvalue weighted by Gasteiger charge is 2.30. The molecule has 0 atom stereocenters. The Hall–Kier alpha value is -1.97. The molecule has 1 heterocycles. The van der Waals surface area contributed by atoms with Crippen LogP contribution in [0.1, 0.15) is 19.4 Å². The summed E-state index contributed by atoms with van der Waals surface area (Å²) in [5.41, 5.74) is 0.786. The highest BCUT2D eigenvalue weighted by Crippen LogP contribution is 2.29. The quantitative estimate of drug-likeness (QED) is 0.737. The molecule has 17 heavy (non-hydrogen) atoms. The number of hydrogen-bond donors (Lipinski definition) is 0. The fraction of sp³-hybridized carbons (Fsp3) is 0.308. The second-order valence-electron chi connectivity index (χ2n) is 4.16. The predicted molar refractivity (Wildman–Crippen MR) is 62.2 cm³/mol. The third kappa shape index (κ3) is 2.58. The zero-order valence-corrected chi connectivity index (χ0v) is 10.0. The fourth-order valence-electron chi connectivity index (χ4n) is 1.61. The Morgan fingerprint density at radius 3 is 2.65 bits per heavy atom. The van der Waals surface area contributed by atoms with Gasteiger partial charge in [-0.15, -0.1) is 0 Å². The molecular weight excluding hydrogens is 220 g/mol. The number of ether oxygens (including phenoxy) is 3. The van der Waals surface area contributed by atoms with Crippen molar-refractivity contribution in [2.45, 2.75) is 19.6 Å². The van der Waals surface area contributed by atoms with E-state index < -0.39 is 11.8 Å². The highest BCUT2D eigenvalue weighted by molar-refractivity contribution is 5.91. The molecule has 0 spiro atoms. The van der Waals surface area contributed by atoms with Crippen molar-refractivity contribution >= 4 is 11.7 Å². The van der Waals surface area contributed by atoms with Crippen molar-refractivity contribution in [1.82, 2.24) is 0 Å². The van der Waals surface area contributed by atoms with E-state index in [1.807, 2.05) is 18.2 Å². The molecule has 4 nitrogen and oxygen atoms in total. The minimum Gasteiger partial charge on any atom is -0.497 e. The molecule has 90 valence electrons. The average Bonchev–Trinajstić information content (AvgIpc) is 2.26. The molecule has 0 unspecified atom stereocenters. The molecule has 0 amide bonds. The minimum atomic E-state index is -0.940. The third-order valence-electron chi connectivity index (χ3n) is 2.31. The monoisotopic (exact) mass is 234 g/mol. The lowest BCUT2D eigenvalue weighted by molar-refractivity contribution is -0.193. The molecule has 0 aliphatic carbocycles. The first-order chi connectivity index (χ1) is 8.00. The summed E-state index contributed by atoms with van der Waals surface area (Å²) in [6.07, 6.45) is 1.33. The smallest absolute Gasteiger partial charge is 0.337 e. The van der Waals surface area contributed by atoms with Crippen molar-refractivity contribution in [3.05, 3.63) is 35.9 Å². The van der Waals surface area contributed by atoms with E-state index in [9.17, 15) is 4.79 Å². The molecule has 1 aliphatic rings. The molecule has 1 aliphatic heterocycles. The topological polar surface area (TPSA) is 44.8 Å². The molecule has 2 rings (SSSR count). The first-order valence-corrected chi connectivity index (χ1v) is 5.28. The largest absolute Gasteiger partial charge is 0.497 e. The Morgan fingerprint density at radius 1 is 1.24 bits per heavy atom. The van der Waals surface area contributed by atoms with Crippen LogP contribution >= 0.6 is 0 Å². The maximum atomic E-state index is 11.4. The lowest BCUT2D eigenvalue weighted by atomic mass is 10.1. The zero-order chi connectivity index (χ0) is 12.5. The van der Waals surface area contributed by atoms with Gasteiger partial charge in [0.2, 0.25) is 5.79 Å². The van der Waals surface area contributed by atoms with Crippen LogP contribution in [-0.2, 0) is 14.3 Å². The van der Waals surface area contributed by atoms with Crippen LogP contribution in [0.15, 0.2) is 30.3 Å². The molecule has 1 aromatic rings. The summed E-state index contributed by atoms with van der Waals surface area (Å²) < 4.78 is 15.7. The Labute approximate surface area is 99.8 Å². The van der Waals surface area contributed by atoms with E-state index in [4.69, 9.17) is 14.2 Å². The maximum Gasteiger partial charge on any atom is 0.337 e. The second kappa shape index (κ2) is 4.13. The van der Waals surface area contributed by atoms with Crippen LogP contribution in [0.5, 0.6) is 5.75 Å². The van der Waals surface area contributed by atoms with E-state index in [-0.39, 0.29) is 0 Å². The Bertz CT molecular complexity index is 474. The van der Waals surface area contributed by atoms with Crippen molar-refractivity contribution in [3.8, 4) is 5.75 Å². The normalized spacial score (nSPS) is 17.8. The van der Waals surface area contributed by atoms with E-state index in [0.29, 0.717) is 11.5 Å². The summed E-state index contributed by atoms with van der Waals surface area (Å²) >= 11 is 0. The molecule has 0 N–H and O–H groups in total. The van der Waals surface area contributed by atoms with Crippen LogP contribution in [0, 0.1) is 0 Å². The van der Waals surface area contributed by atoms with Crippen LogP contribution in [0.3, 0.4) is 0 Å². The van der Waals surface area contributed by atoms with Gasteiger partial charge in [0.25, 0.3) is 0 Å². The van der Waals surface area contributed by atoms with E-state index in [2.05, 4.69) is 0 Å². The third-order valence-corrected chi connectivity index (χ3v) is 2.31. The number of hydrogen-bond acceptors (Lipinski definition) is 4. The van der Waals surface area contributed by atoms with Gasteiger partial charge in [0.15, 0.2) is 0 Å². The summed E-state index contributed by atoms with van der Waals surface area (Å²) in [4.78, 5) is 11.4. The summed E-state index contributed by atoms with van der Waals surface area (Å²) in [6.45, 7) is 3.39. The second-order valence-corrected chi connectivity index (χ2v) is 4.16. The number of rotatable bonds is 2. The Morgan fingerprint density at radius 2 is 2.00 bits per heavy atom. The number of methoxy groups -OCH3 is 1. The van der Waals surface area contributed by atoms with Crippen LogP contribution < -0.4 is 4.74 Å². The summed E-state index contributed by atoms with van der Waals surface area (Å²) in [5, 5.41) is 0. The number of carbonyl (C=O) groups excluding carboxylic acids is 1. The molecule has 1 aromatic carbocycles. The standard InChI is InChI=1S/C13H14O4/c1-13(2)16-11(8-12(14)17-13)9-5-4-6-10(7-9)15-3/h4-8H,1-3H3. The van der Waals surface area contributed by atoms with Gasteiger partial charge in [0.1, 0.15) is 11.5 Å². The molecule has 0 saturated heterocycles. The average molecular weight is 234 g/mol. The first kappa shape index (κ1) is 11.5. The van der Waals surface area contributed by atoms with Crippen LogP contribution in [0.2, 0.25) is 0 Å². The van der Waals surface area contributed by atoms with Crippen LogP contribution in [0.4, 0.5) is 0 Å². The van der Waals surface area contributed by atoms with Gasteiger partial charge in [0.05, 0.1) is 13.2 Å². The van der Waals surface area contributed by atoms with E-state index in [1.165, 1.54) is 6.08 Å². The predicted octanol–water partition coefficient (Wildman–Crippen LogP) is 2.35. The zero-order valence-electron chi connectivity index (χ0n) is 10.0. The van der Waals surface area contributed by atoms with Crippen molar-refractivity contribution in [2.24, 2.45) is 0 Å². The Balaban J connectivity index is 2.36. The SMILES string of the molecule is COc1cccc(C2=CC(=O)OC(C)(C)O2)c1. The van der Waals surface area contributed by atoms with E-state index in [0.717, 1.165) is 5.56 Å². The van der Waals surface area contributed by atoms with Crippen molar-refractivity contribution in [2.75, 3.05) is 7.11 Å².